The molecule has 0 saturated heterocycles. The van der Waals surface area contributed by atoms with E-state index in [1.165, 1.54) is 13.8 Å². The van der Waals surface area contributed by atoms with Gasteiger partial charge in [0.2, 0.25) is 0 Å². The van der Waals surface area contributed by atoms with Gasteiger partial charge in [-0.25, -0.2) is 0 Å². The molecule has 12 aromatic rings. The van der Waals surface area contributed by atoms with Crippen molar-refractivity contribution in [1.82, 2.24) is 4.57 Å². The highest BCUT2D eigenvalue weighted by atomic mass is 16.3. The number of furan rings is 1. The highest BCUT2D eigenvalue weighted by Crippen LogP contribution is 2.56. The first kappa shape index (κ1) is 15.6. The van der Waals surface area contributed by atoms with Crippen molar-refractivity contribution >= 4 is 71.6 Å². The fourth-order valence-corrected chi connectivity index (χ4v) is 8.27. The van der Waals surface area contributed by atoms with Crippen molar-refractivity contribution < 1.29 is 53.8 Å². The molecule has 1 aliphatic rings. The van der Waals surface area contributed by atoms with Gasteiger partial charge in [-0.2, -0.15) is 0 Å². The number of nitrogens with zero attached hydrogens (tertiary/aromatic N) is 2. The average Bonchev–Trinajstić information content (AvgIpc) is 1.42. The lowest BCUT2D eigenvalue weighted by atomic mass is 9.82. The molecule has 0 amide bonds. The Labute approximate surface area is 422 Å². The number of anilines is 3. The van der Waals surface area contributed by atoms with E-state index in [1.807, 2.05) is 0 Å². The summed E-state index contributed by atoms with van der Waals surface area (Å²) in [5.74, 6) is 0. The van der Waals surface area contributed by atoms with Crippen LogP contribution in [0.15, 0.2) is 222 Å². The topological polar surface area (TPSA) is 21.3 Å². The first-order valence-electron chi connectivity index (χ1n) is 37.2. The van der Waals surface area contributed by atoms with Gasteiger partial charge in [0.25, 0.3) is 0 Å². The largest absolute Gasteiger partial charge is 0.455 e. The zero-order valence-corrected chi connectivity index (χ0v) is 32.8. The molecule has 0 bridgehead atoms. The summed E-state index contributed by atoms with van der Waals surface area (Å²) in [7, 11) is 0. The van der Waals surface area contributed by atoms with Gasteiger partial charge in [-0.1, -0.05) is 165 Å². The molecule has 3 nitrogen and oxygen atoms in total. The van der Waals surface area contributed by atoms with Crippen LogP contribution in [0.1, 0.15) is 74.3 Å². The van der Waals surface area contributed by atoms with E-state index >= 15 is 0 Å². The van der Waals surface area contributed by atoms with Crippen LogP contribution in [-0.4, -0.2) is 4.57 Å². The monoisotopic (exact) mass is 855 g/mol. The van der Waals surface area contributed by atoms with E-state index in [0.29, 0.717) is 9.47 Å². The molecule has 0 saturated carbocycles. The fourth-order valence-electron chi connectivity index (χ4n) is 8.27. The van der Waals surface area contributed by atoms with Crippen LogP contribution < -0.4 is 4.90 Å². The van der Waals surface area contributed by atoms with Crippen molar-refractivity contribution in [2.75, 3.05) is 4.90 Å². The van der Waals surface area contributed by atoms with Crippen molar-refractivity contribution in [2.45, 2.75) is 19.3 Å². The third-order valence-corrected chi connectivity index (χ3v) is 11.1. The van der Waals surface area contributed by atoms with Crippen molar-refractivity contribution in [2.24, 2.45) is 0 Å². The average molecular weight is 855 g/mol. The third-order valence-electron chi connectivity index (χ3n) is 11.1. The summed E-state index contributed by atoms with van der Waals surface area (Å²) in [6.45, 7) is 2.79. The van der Waals surface area contributed by atoms with Crippen molar-refractivity contribution in [1.29, 1.82) is 0 Å². The standard InChI is InChI=1S/C61H42N2O/c1-61(2)51-25-11-8-22-48(51)58-52(61)26-15-28-55(58)63(56-37-35-47(45-24-14-17-40-16-6-7-20-44(40)45)60-59(56)49-23-10-13-29-57(49)64-60)43-33-30-39(31-34-43)41-32-36-54-50(38-41)46-21-9-12-27-53(46)62(54)42-18-4-3-5-19-42/h3-38H,1-2H3/i3D,4D,5D,6D,7D,8D,9D,10D,11D,12D,13D,14D,15D,16D,17D,18D,19D,20D,21D,22D,23D,24D,25D,26D,27D,28D,29D,30D,31D,32D,33D,34D,35D,36D,37D,38D. The molecule has 0 aliphatic heterocycles. The van der Waals surface area contributed by atoms with Gasteiger partial charge >= 0.3 is 0 Å². The minimum absolute atomic E-state index is 0.271. The Morgan fingerprint density at radius 3 is 2.00 bits per heavy atom. The lowest BCUT2D eigenvalue weighted by Crippen LogP contribution is -2.16. The third kappa shape index (κ3) is 5.34. The van der Waals surface area contributed by atoms with Crippen molar-refractivity contribution in [3.63, 3.8) is 0 Å². The Morgan fingerprint density at radius 2 is 1.12 bits per heavy atom. The summed E-state index contributed by atoms with van der Waals surface area (Å²) in [5.41, 5.74) is -14.4. The molecular formula is C61H42N2O. The molecule has 0 unspecified atom stereocenters. The van der Waals surface area contributed by atoms with Crippen LogP contribution in [0.4, 0.5) is 17.1 Å². The Kier molecular flexibility index (Phi) is 3.39. The molecule has 2 aromatic heterocycles. The molecule has 10 aromatic carbocycles. The second kappa shape index (κ2) is 13.9. The van der Waals surface area contributed by atoms with E-state index in [4.69, 9.17) is 27.7 Å². The maximum Gasteiger partial charge on any atom is 0.145 e. The molecule has 0 spiro atoms. The van der Waals surface area contributed by atoms with Crippen molar-refractivity contribution in [3.8, 4) is 39.1 Å². The van der Waals surface area contributed by atoms with Gasteiger partial charge in [0.15, 0.2) is 0 Å². The second-order valence-electron chi connectivity index (χ2n) is 14.9. The predicted molar refractivity (Wildman–Crippen MR) is 269 cm³/mol. The minimum Gasteiger partial charge on any atom is -0.455 e. The van der Waals surface area contributed by atoms with Crippen LogP contribution in [0.5, 0.6) is 0 Å². The Balaban J connectivity index is 1.27. The quantitative estimate of drug-likeness (QED) is 0.166. The summed E-state index contributed by atoms with van der Waals surface area (Å²) in [6, 6.07) is -36.7. The highest BCUT2D eigenvalue weighted by Gasteiger charge is 2.38. The summed E-state index contributed by atoms with van der Waals surface area (Å²) in [6.07, 6.45) is 0. The molecule has 2 heterocycles. The molecule has 0 fully saturated rings. The minimum atomic E-state index is -1.81. The number of hydrogen-bond donors (Lipinski definition) is 0. The van der Waals surface area contributed by atoms with Gasteiger partial charge in [-0.15, -0.1) is 0 Å². The van der Waals surface area contributed by atoms with E-state index < -0.39 is 334 Å². The van der Waals surface area contributed by atoms with Crippen LogP contribution >= 0.6 is 0 Å². The molecule has 64 heavy (non-hydrogen) atoms. The molecular weight excluding hydrogens is 777 g/mol. The molecule has 0 atom stereocenters. The van der Waals surface area contributed by atoms with Gasteiger partial charge in [0.05, 0.1) is 77.1 Å². The van der Waals surface area contributed by atoms with E-state index in [-0.39, 0.29) is 11.1 Å². The predicted octanol–water partition coefficient (Wildman–Crippen LogP) is 16.9. The molecule has 0 radical (unpaired) electrons. The lowest BCUT2D eigenvalue weighted by Gasteiger charge is -2.30. The van der Waals surface area contributed by atoms with Crippen LogP contribution in [0, 0.1) is 0 Å². The Morgan fingerprint density at radius 1 is 0.469 bits per heavy atom. The summed E-state index contributed by atoms with van der Waals surface area (Å²) in [4.78, 5) is 0.527. The Hall–Kier alpha value is -8.14. The molecule has 1 aliphatic carbocycles. The highest BCUT2D eigenvalue weighted by molar-refractivity contribution is 6.19. The van der Waals surface area contributed by atoms with Crippen LogP contribution in [0.25, 0.3) is 93.6 Å². The fraction of sp³-hybridized carbons (Fsp3) is 0.0492. The van der Waals surface area contributed by atoms with Crippen molar-refractivity contribution in [3.05, 3.63) is 229 Å². The van der Waals surface area contributed by atoms with E-state index in [0.717, 1.165) is 0 Å². The molecule has 3 heteroatoms. The summed E-state index contributed by atoms with van der Waals surface area (Å²) in [5, 5.41) is -4.39. The molecule has 13 rings (SSSR count). The smallest absolute Gasteiger partial charge is 0.145 e. The van der Waals surface area contributed by atoms with Gasteiger partial charge in [0.1, 0.15) is 11.2 Å². The Bertz CT molecular complexity index is 5900. The first-order valence-corrected chi connectivity index (χ1v) is 19.2. The number of aromatic nitrogens is 1. The maximum atomic E-state index is 10.4. The van der Waals surface area contributed by atoms with Gasteiger partial charge in [-0.05, 0) is 111 Å². The normalized spacial score (nSPS) is 20.8. The SMILES string of the molecule is [2H]c1c([2H])c([2H])c(-n2c3c([2H])c([2H])c([2H])c([2H])c3c3c([2H])c(-c4c([2H])c([2H])c(N(c5c([2H])c([2H])c([2H])c6c5-c5c([2H])c([2H])c([2H])c([2H])c5C6(C)C)c5c([2H])c([2H])c(-c6c([2H])c([2H])c([2H])c7c([2H])c([2H])c([2H])c([2H])c67)c6oc7c([2H])c([2H])c([2H])c([2H])c7c56)c([2H])c4[2H])c([2H])c([2H])c32)c([2H])c1[2H]. The van der Waals surface area contributed by atoms with Crippen LogP contribution in [0.2, 0.25) is 0 Å². The maximum absolute atomic E-state index is 10.4. The zero-order chi connectivity index (χ0) is 73.8. The van der Waals surface area contributed by atoms with Gasteiger partial charge in [0, 0.05) is 44.1 Å². The number of rotatable bonds is 6. The van der Waals surface area contributed by atoms with Gasteiger partial charge < -0.3 is 13.9 Å². The number of benzene rings is 10. The van der Waals surface area contributed by atoms with Crippen LogP contribution in [0.3, 0.4) is 0 Å². The molecule has 302 valence electrons. The molecule has 0 N–H and O–H groups in total. The van der Waals surface area contributed by atoms with Gasteiger partial charge in [-0.3, -0.25) is 0 Å². The van der Waals surface area contributed by atoms with Crippen LogP contribution in [-0.2, 0) is 5.41 Å². The second-order valence-corrected chi connectivity index (χ2v) is 14.9. The zero-order valence-electron chi connectivity index (χ0n) is 68.8. The van der Waals surface area contributed by atoms with E-state index in [9.17, 15) is 26.0 Å². The number of fused-ring (bicyclic) bond motifs is 10. The summed E-state index contributed by atoms with van der Waals surface area (Å²) < 4.78 is 342. The first-order chi connectivity index (χ1) is 46.5. The summed E-state index contributed by atoms with van der Waals surface area (Å²) >= 11 is 0. The number of para-hydroxylation sites is 3. The van der Waals surface area contributed by atoms with E-state index in [2.05, 4.69) is 0 Å². The lowest BCUT2D eigenvalue weighted by molar-refractivity contribution is 0.660. The van der Waals surface area contributed by atoms with E-state index in [1.54, 1.807) is 0 Å². The number of hydrogen-bond acceptors (Lipinski definition) is 2.